The first kappa shape index (κ1) is 12.4. The van der Waals surface area contributed by atoms with E-state index in [2.05, 4.69) is 17.9 Å². The summed E-state index contributed by atoms with van der Waals surface area (Å²) in [5.74, 6) is 3.36. The zero-order valence-electron chi connectivity index (χ0n) is 12.5. The molecule has 0 aromatic heterocycles. The molecule has 1 aliphatic heterocycles. The Morgan fingerprint density at radius 3 is 2.26 bits per heavy atom. The van der Waals surface area contributed by atoms with Crippen LogP contribution in [0.3, 0.4) is 0 Å². The van der Waals surface area contributed by atoms with Crippen LogP contribution in [0.2, 0.25) is 0 Å². The summed E-state index contributed by atoms with van der Waals surface area (Å²) < 4.78 is 0. The smallest absolute Gasteiger partial charge is 0.0165 e. The molecule has 0 saturated heterocycles. The van der Waals surface area contributed by atoms with Gasteiger partial charge >= 0.3 is 0 Å². The Labute approximate surface area is 118 Å². The molecule has 1 heteroatoms. The molecular formula is C18H29N. The first-order valence-electron chi connectivity index (χ1n) is 8.59. The first-order valence-corrected chi connectivity index (χ1v) is 8.59. The van der Waals surface area contributed by atoms with Crippen LogP contribution in [0.4, 0.5) is 0 Å². The number of rotatable bonds is 3. The average Bonchev–Trinajstić information content (AvgIpc) is 2.36. The van der Waals surface area contributed by atoms with Crippen molar-refractivity contribution >= 4 is 0 Å². The summed E-state index contributed by atoms with van der Waals surface area (Å²) in [6.07, 6.45) is 14.8. The second kappa shape index (κ2) is 4.62. The molecule has 0 atom stereocenters. The SMILES string of the molecule is CC1=CCN(CCC23CC4CC(CC(C4)C2)C3)CC1. The van der Waals surface area contributed by atoms with E-state index in [1.807, 2.05) is 0 Å². The summed E-state index contributed by atoms with van der Waals surface area (Å²) in [6, 6.07) is 0. The van der Waals surface area contributed by atoms with E-state index >= 15 is 0 Å². The van der Waals surface area contributed by atoms with Crippen LogP contribution in [0.1, 0.15) is 58.3 Å². The van der Waals surface area contributed by atoms with Crippen LogP contribution in [0.25, 0.3) is 0 Å². The van der Waals surface area contributed by atoms with E-state index in [0.29, 0.717) is 0 Å². The zero-order chi connectivity index (χ0) is 12.9. The molecule has 4 fully saturated rings. The lowest BCUT2D eigenvalue weighted by molar-refractivity contribution is -0.0607. The van der Waals surface area contributed by atoms with Gasteiger partial charge in [0, 0.05) is 13.1 Å². The molecule has 106 valence electrons. The topological polar surface area (TPSA) is 3.24 Å². The van der Waals surface area contributed by atoms with Gasteiger partial charge in [-0.15, -0.1) is 0 Å². The fraction of sp³-hybridized carbons (Fsp3) is 0.889. The van der Waals surface area contributed by atoms with Crippen molar-refractivity contribution in [3.8, 4) is 0 Å². The van der Waals surface area contributed by atoms with Crippen LogP contribution in [0.15, 0.2) is 11.6 Å². The van der Waals surface area contributed by atoms with Crippen molar-refractivity contribution in [1.82, 2.24) is 4.90 Å². The normalized spacial score (nSPS) is 45.5. The van der Waals surface area contributed by atoms with Crippen LogP contribution < -0.4 is 0 Å². The third-order valence-corrected chi connectivity index (χ3v) is 6.64. The summed E-state index contributed by atoms with van der Waals surface area (Å²) in [6.45, 7) is 6.19. The van der Waals surface area contributed by atoms with Gasteiger partial charge in [0.15, 0.2) is 0 Å². The van der Waals surface area contributed by atoms with E-state index in [4.69, 9.17) is 0 Å². The predicted molar refractivity (Wildman–Crippen MR) is 80.0 cm³/mol. The molecule has 0 radical (unpaired) electrons. The second-order valence-electron chi connectivity index (χ2n) is 8.27. The van der Waals surface area contributed by atoms with Crippen LogP contribution >= 0.6 is 0 Å². The Morgan fingerprint density at radius 2 is 1.74 bits per heavy atom. The van der Waals surface area contributed by atoms with Crippen LogP contribution in [0, 0.1) is 23.2 Å². The molecule has 0 spiro atoms. The third kappa shape index (κ3) is 2.39. The lowest BCUT2D eigenvalue weighted by Gasteiger charge is -2.57. The molecule has 1 heterocycles. The molecule has 0 N–H and O–H groups in total. The van der Waals surface area contributed by atoms with Gasteiger partial charge in [-0.3, -0.25) is 4.90 Å². The highest BCUT2D eigenvalue weighted by Gasteiger charge is 2.50. The van der Waals surface area contributed by atoms with Crippen molar-refractivity contribution < 1.29 is 0 Å². The molecule has 4 aliphatic carbocycles. The molecule has 0 aromatic carbocycles. The van der Waals surface area contributed by atoms with Gasteiger partial charge in [0.2, 0.25) is 0 Å². The maximum atomic E-state index is 2.70. The van der Waals surface area contributed by atoms with Crippen LogP contribution in [0.5, 0.6) is 0 Å². The van der Waals surface area contributed by atoms with Crippen molar-refractivity contribution in [3.63, 3.8) is 0 Å². The first-order chi connectivity index (χ1) is 9.21. The summed E-state index contributed by atoms with van der Waals surface area (Å²) >= 11 is 0. The Bertz CT molecular complexity index is 346. The molecule has 19 heavy (non-hydrogen) atoms. The molecule has 4 bridgehead atoms. The van der Waals surface area contributed by atoms with Crippen LogP contribution in [-0.2, 0) is 0 Å². The van der Waals surface area contributed by atoms with Gasteiger partial charge in [-0.1, -0.05) is 11.6 Å². The number of hydrogen-bond donors (Lipinski definition) is 0. The Hall–Kier alpha value is -0.300. The summed E-state index contributed by atoms with van der Waals surface area (Å²) in [5, 5.41) is 0. The molecule has 0 amide bonds. The third-order valence-electron chi connectivity index (χ3n) is 6.64. The van der Waals surface area contributed by atoms with Crippen molar-refractivity contribution in [2.45, 2.75) is 58.3 Å². The van der Waals surface area contributed by atoms with Gasteiger partial charge in [-0.2, -0.15) is 0 Å². The van der Waals surface area contributed by atoms with E-state index in [1.54, 1.807) is 44.1 Å². The van der Waals surface area contributed by atoms with E-state index in [0.717, 1.165) is 23.2 Å². The molecule has 0 aromatic rings. The van der Waals surface area contributed by atoms with E-state index in [9.17, 15) is 0 Å². The van der Waals surface area contributed by atoms with Crippen molar-refractivity contribution in [3.05, 3.63) is 11.6 Å². The predicted octanol–water partition coefficient (Wildman–Crippen LogP) is 4.24. The highest BCUT2D eigenvalue weighted by atomic mass is 15.1. The maximum absolute atomic E-state index is 2.70. The standard InChI is InChI=1S/C18H29N/c1-14-2-5-19(6-3-14)7-4-18-11-15-8-16(12-18)10-17(9-15)13-18/h2,15-17H,3-13H2,1H3. The van der Waals surface area contributed by atoms with Gasteiger partial charge < -0.3 is 0 Å². The lowest BCUT2D eigenvalue weighted by Crippen LogP contribution is -2.47. The molecule has 1 nitrogen and oxygen atoms in total. The fourth-order valence-electron chi connectivity index (χ4n) is 6.01. The highest BCUT2D eigenvalue weighted by Crippen LogP contribution is 2.61. The summed E-state index contributed by atoms with van der Waals surface area (Å²) in [4.78, 5) is 2.70. The van der Waals surface area contributed by atoms with E-state index < -0.39 is 0 Å². The Kier molecular flexibility index (Phi) is 3.02. The van der Waals surface area contributed by atoms with Crippen LogP contribution in [-0.4, -0.2) is 24.5 Å². The van der Waals surface area contributed by atoms with E-state index in [-0.39, 0.29) is 0 Å². The Balaban J connectivity index is 1.38. The monoisotopic (exact) mass is 259 g/mol. The number of hydrogen-bond acceptors (Lipinski definition) is 1. The minimum atomic E-state index is 0.783. The fourth-order valence-corrected chi connectivity index (χ4v) is 6.01. The van der Waals surface area contributed by atoms with Crippen molar-refractivity contribution in [2.75, 3.05) is 19.6 Å². The molecule has 5 rings (SSSR count). The highest BCUT2D eigenvalue weighted by molar-refractivity contribution is 5.05. The summed E-state index contributed by atoms with van der Waals surface area (Å²) in [5.41, 5.74) is 2.39. The quantitative estimate of drug-likeness (QED) is 0.685. The molecule has 5 aliphatic rings. The van der Waals surface area contributed by atoms with Crippen molar-refractivity contribution in [1.29, 1.82) is 0 Å². The van der Waals surface area contributed by atoms with E-state index in [1.165, 1.54) is 32.5 Å². The molecular weight excluding hydrogens is 230 g/mol. The molecule has 4 saturated carbocycles. The number of nitrogens with zero attached hydrogens (tertiary/aromatic N) is 1. The van der Waals surface area contributed by atoms with Gasteiger partial charge in [-0.25, -0.2) is 0 Å². The lowest BCUT2D eigenvalue weighted by atomic mass is 9.49. The van der Waals surface area contributed by atoms with Gasteiger partial charge in [0.25, 0.3) is 0 Å². The Morgan fingerprint density at radius 1 is 1.11 bits per heavy atom. The van der Waals surface area contributed by atoms with Gasteiger partial charge in [0.05, 0.1) is 0 Å². The zero-order valence-corrected chi connectivity index (χ0v) is 12.5. The average molecular weight is 259 g/mol. The second-order valence-corrected chi connectivity index (χ2v) is 8.27. The largest absolute Gasteiger partial charge is 0.299 e. The minimum Gasteiger partial charge on any atom is -0.299 e. The maximum Gasteiger partial charge on any atom is 0.0165 e. The molecule has 0 unspecified atom stereocenters. The van der Waals surface area contributed by atoms with Gasteiger partial charge in [0.1, 0.15) is 0 Å². The van der Waals surface area contributed by atoms with Gasteiger partial charge in [-0.05, 0) is 88.0 Å². The summed E-state index contributed by atoms with van der Waals surface area (Å²) in [7, 11) is 0. The minimum absolute atomic E-state index is 0.783. The van der Waals surface area contributed by atoms with Crippen molar-refractivity contribution in [2.24, 2.45) is 23.2 Å².